The molecule has 0 amide bonds. The summed E-state index contributed by atoms with van der Waals surface area (Å²) in [6.45, 7) is 5.71. The van der Waals surface area contributed by atoms with Crippen LogP contribution in [0.5, 0.6) is 0 Å². The summed E-state index contributed by atoms with van der Waals surface area (Å²) in [5, 5.41) is 35.9. The highest BCUT2D eigenvalue weighted by molar-refractivity contribution is 8.14. The van der Waals surface area contributed by atoms with Crippen LogP contribution in [-0.2, 0) is 50.7 Å². The lowest BCUT2D eigenvalue weighted by atomic mass is 9.90. The van der Waals surface area contributed by atoms with Crippen molar-refractivity contribution < 1.29 is 56.6 Å². The van der Waals surface area contributed by atoms with E-state index in [2.05, 4.69) is 48.0 Å². The molecular weight excluding hydrogens is 1160 g/mol. The van der Waals surface area contributed by atoms with Gasteiger partial charge in [0.05, 0.1) is 45.9 Å². The number of amidine groups is 1. The second-order valence-corrected chi connectivity index (χ2v) is 25.7. The monoisotopic (exact) mass is 1210 g/mol. The Morgan fingerprint density at radius 2 is 1.38 bits per heavy atom. The van der Waals surface area contributed by atoms with Crippen molar-refractivity contribution in [2.45, 2.75) is 57.7 Å². The molecule has 2 aliphatic rings. The van der Waals surface area contributed by atoms with E-state index in [-0.39, 0.29) is 66.9 Å². The number of ether oxygens (including phenoxy) is 1. The molecule has 0 saturated heterocycles. The fourth-order valence-electron chi connectivity index (χ4n) is 9.30. The fourth-order valence-corrected chi connectivity index (χ4v) is 12.8. The van der Waals surface area contributed by atoms with Crippen LogP contribution in [0.2, 0.25) is 0 Å². The van der Waals surface area contributed by atoms with Crippen LogP contribution in [-0.4, -0.2) is 88.2 Å². The van der Waals surface area contributed by atoms with E-state index >= 15 is 0 Å². The van der Waals surface area contributed by atoms with E-state index in [1.54, 1.807) is 20.0 Å². The average Bonchev–Trinajstić information content (AvgIpc) is 2.54. The summed E-state index contributed by atoms with van der Waals surface area (Å²) in [5.74, 6) is 0.237. The van der Waals surface area contributed by atoms with Gasteiger partial charge >= 0.3 is 0 Å². The van der Waals surface area contributed by atoms with Crippen molar-refractivity contribution >= 4 is 113 Å². The van der Waals surface area contributed by atoms with Crippen molar-refractivity contribution in [2.75, 3.05) is 36.5 Å². The van der Waals surface area contributed by atoms with Crippen molar-refractivity contribution in [3.63, 3.8) is 0 Å². The zero-order valence-corrected chi connectivity index (χ0v) is 48.0. The van der Waals surface area contributed by atoms with E-state index in [4.69, 9.17) is 9.73 Å². The number of hydrogen-bond donors (Lipinski definition) is 9. The molecule has 29 heteroatoms. The highest BCUT2D eigenvalue weighted by atomic mass is 32.2. The maximum atomic E-state index is 12.6. The Kier molecular flexibility index (Phi) is 16.3. The van der Waals surface area contributed by atoms with Gasteiger partial charge in [-0.3, -0.25) is 34.0 Å². The molecule has 1 aliphatic heterocycles. The van der Waals surface area contributed by atoms with E-state index in [1.807, 2.05) is 56.3 Å². The van der Waals surface area contributed by atoms with Crippen LogP contribution in [0, 0.1) is 24.2 Å². The number of rotatable bonds is 18. The zero-order chi connectivity index (χ0) is 59.1. The Hall–Kier alpha value is -8.02. The smallest absolute Gasteiger partial charge is 0.295 e. The van der Waals surface area contributed by atoms with Crippen LogP contribution < -0.4 is 31.7 Å². The molecule has 7 aromatic rings. The molecule has 3 unspecified atom stereocenters. The maximum Gasteiger partial charge on any atom is 0.295 e. The molecule has 9 rings (SSSR count). The number of methoxy groups -OCH3 is 1. The number of azo groups is 1. The van der Waals surface area contributed by atoms with Gasteiger partial charge in [-0.2, -0.15) is 38.9 Å². The summed E-state index contributed by atoms with van der Waals surface area (Å²) in [6.07, 6.45) is 2.24. The van der Waals surface area contributed by atoms with Crippen LogP contribution in [0.15, 0.2) is 179 Å². The van der Waals surface area contributed by atoms with Crippen molar-refractivity contribution in [3.05, 3.63) is 161 Å². The Labute approximate surface area is 476 Å². The predicted octanol–water partition coefficient (Wildman–Crippen LogP) is 9.03. The number of aromatic nitrogens is 1. The molecule has 0 bridgehead atoms. The van der Waals surface area contributed by atoms with E-state index in [0.29, 0.717) is 34.8 Å². The summed E-state index contributed by atoms with van der Waals surface area (Å²) in [5.41, 5.74) is 5.64. The van der Waals surface area contributed by atoms with Crippen LogP contribution in [0.3, 0.4) is 0 Å². The fraction of sp³-hybridized carbons (Fsp3) is 0.189. The predicted molar refractivity (Wildman–Crippen MR) is 310 cm³/mol. The number of fused-ring (bicyclic) bond motifs is 2. The lowest BCUT2D eigenvalue weighted by Gasteiger charge is -2.32. The molecule has 9 N–H and O–H groups in total. The van der Waals surface area contributed by atoms with Gasteiger partial charge in [0.25, 0.3) is 40.5 Å². The van der Waals surface area contributed by atoms with Gasteiger partial charge in [0.1, 0.15) is 32.8 Å². The number of hydrazine groups is 1. The number of allylic oxidation sites excluding steroid dienone is 3. The van der Waals surface area contributed by atoms with Gasteiger partial charge in [-0.05, 0) is 109 Å². The highest BCUT2D eigenvalue weighted by Gasteiger charge is 2.43. The maximum absolute atomic E-state index is 12.6. The molecule has 0 fully saturated rings. The SMILES string of the molecule is COC1=C(NN(C)c2cc(S(=O)(=O)O)c3cccc(S(=O)(=O)O)c3c2)C(C)CC(NCNC2SC(N=Nc3c(Nc4ccc(S(=O)(=O)O)cc4)nc(Nc4ccc(S(=O)(=O)O)cc4)c(C#N)c3C)=NC2(C)c2ccc3ccccc3c2)=C1. The number of aliphatic imine (C=N–C) groups is 1. The quantitative estimate of drug-likeness (QED) is 0.0167. The summed E-state index contributed by atoms with van der Waals surface area (Å²) in [4.78, 5) is 8.00. The summed E-state index contributed by atoms with van der Waals surface area (Å²) in [7, 11) is -15.7. The first-order chi connectivity index (χ1) is 38.6. The molecule has 0 saturated carbocycles. The number of thioether (sulfide) groups is 1. The van der Waals surface area contributed by atoms with Gasteiger partial charge in [-0.25, -0.2) is 9.98 Å². The molecule has 2 heterocycles. The highest BCUT2D eigenvalue weighted by Crippen LogP contribution is 2.45. The van der Waals surface area contributed by atoms with Crippen molar-refractivity contribution in [1.29, 1.82) is 5.26 Å². The standard InChI is InChI=1S/C53H51N11O13S5/c1-30-23-37(25-44(77-5)47(30)63-64(4)38-26-42-41(46(27-38)82(74,75)76)11-8-12-45(42)81(71,72)73)55-29-56-51-53(3,34-14-13-32-9-6-7-10-33(32)24-34)60-52(78-51)62-61-48-31(2)43(28-54)49(57-35-15-19-39(20-16-35)79(65,66)67)59-50(48)58-36-17-21-40(22-18-36)80(68,69)70/h6-22,24-27,30,51,55-56,63H,23,29H2,1-5H3,(H2,57,58,59)(H,65,66,67)(H,68,69,70)(H,71,72,73)(H,74,75,76). The lowest BCUT2D eigenvalue weighted by Crippen LogP contribution is -2.45. The Morgan fingerprint density at radius 3 is 1.98 bits per heavy atom. The number of nitrogens with one attached hydrogen (secondary N) is 5. The van der Waals surface area contributed by atoms with Gasteiger partial charge in [0.2, 0.25) is 5.17 Å². The largest absolute Gasteiger partial charge is 0.495 e. The molecule has 3 atom stereocenters. The van der Waals surface area contributed by atoms with Crippen LogP contribution in [0.4, 0.5) is 34.4 Å². The molecule has 82 heavy (non-hydrogen) atoms. The number of benzene rings is 6. The Morgan fingerprint density at radius 1 is 0.756 bits per heavy atom. The van der Waals surface area contributed by atoms with Crippen molar-refractivity contribution in [3.8, 4) is 6.07 Å². The third kappa shape index (κ3) is 12.6. The van der Waals surface area contributed by atoms with Crippen molar-refractivity contribution in [1.82, 2.24) is 21.0 Å². The minimum absolute atomic E-state index is 0.0243. The van der Waals surface area contributed by atoms with Gasteiger partial charge in [-0.15, -0.1) is 10.2 Å². The third-order valence-corrected chi connectivity index (χ3v) is 18.3. The average molecular weight is 1210 g/mol. The number of nitriles is 1. The molecule has 24 nitrogen and oxygen atoms in total. The minimum atomic E-state index is -4.87. The van der Waals surface area contributed by atoms with E-state index in [9.17, 15) is 57.1 Å². The number of nitrogens with zero attached hydrogens (tertiary/aromatic N) is 6. The van der Waals surface area contributed by atoms with Gasteiger partial charge in [0, 0.05) is 52.4 Å². The summed E-state index contributed by atoms with van der Waals surface area (Å²) in [6, 6.07) is 32.5. The molecule has 6 aromatic carbocycles. The first kappa shape index (κ1) is 58.6. The first-order valence-electron chi connectivity index (χ1n) is 24.4. The van der Waals surface area contributed by atoms with E-state index < -0.39 is 61.2 Å². The molecule has 1 aliphatic carbocycles. The van der Waals surface area contributed by atoms with Gasteiger partial charge < -0.3 is 20.7 Å². The van der Waals surface area contributed by atoms with Gasteiger partial charge in [-0.1, -0.05) is 67.2 Å². The molecule has 1 aromatic heterocycles. The van der Waals surface area contributed by atoms with Crippen LogP contribution in [0.1, 0.15) is 37.0 Å². The van der Waals surface area contributed by atoms with E-state index in [0.717, 1.165) is 40.2 Å². The first-order valence-corrected chi connectivity index (χ1v) is 31.1. The molecule has 0 spiro atoms. The topological polar surface area (TPSA) is 364 Å². The zero-order valence-electron chi connectivity index (χ0n) is 43.9. The van der Waals surface area contributed by atoms with Crippen molar-refractivity contribution in [2.24, 2.45) is 21.1 Å². The second kappa shape index (κ2) is 22.7. The van der Waals surface area contributed by atoms with E-state index in [1.165, 1.54) is 84.5 Å². The Bertz CT molecular complexity index is 4370. The Balaban J connectivity index is 1.01. The molecular formula is C53H51N11O13S5. The molecule has 0 radical (unpaired) electrons. The van der Waals surface area contributed by atoms with Crippen LogP contribution >= 0.6 is 11.8 Å². The minimum Gasteiger partial charge on any atom is -0.495 e. The summed E-state index contributed by atoms with van der Waals surface area (Å²) < 4.78 is 142. The number of anilines is 5. The lowest BCUT2D eigenvalue weighted by molar-refractivity contribution is 0.286. The number of hydrogen-bond acceptors (Lipinski definition) is 21. The molecule has 426 valence electrons. The second-order valence-electron chi connectivity index (χ2n) is 19.1. The summed E-state index contributed by atoms with van der Waals surface area (Å²) >= 11 is 1.29. The van der Waals surface area contributed by atoms with Crippen LogP contribution in [0.25, 0.3) is 21.5 Å². The normalized spacial score (nSPS) is 17.8. The number of pyridine rings is 1. The third-order valence-electron chi connectivity index (χ3n) is 13.5. The van der Waals surface area contributed by atoms with Gasteiger partial charge in [0.15, 0.2) is 11.6 Å².